The summed E-state index contributed by atoms with van der Waals surface area (Å²) >= 11 is 0. The van der Waals surface area contributed by atoms with Crippen LogP contribution in [-0.2, 0) is 10.2 Å². The number of carbonyl (C=O) groups excluding carboxylic acids is 2. The normalized spacial score (nSPS) is 30.1. The molecule has 5 rings (SSSR count). The van der Waals surface area contributed by atoms with E-state index in [1.165, 1.54) is 37.7 Å². The Bertz CT molecular complexity index is 929. The van der Waals surface area contributed by atoms with Crippen LogP contribution in [0, 0.1) is 17.8 Å². The fourth-order valence-corrected chi connectivity index (χ4v) is 7.18. The van der Waals surface area contributed by atoms with Crippen LogP contribution in [-0.4, -0.2) is 48.3 Å². The minimum atomic E-state index is -0.530. The van der Waals surface area contributed by atoms with Gasteiger partial charge in [0.1, 0.15) is 5.60 Å². The number of urea groups is 1. The maximum Gasteiger partial charge on any atom is 0.414 e. The van der Waals surface area contributed by atoms with Gasteiger partial charge in [0.25, 0.3) is 0 Å². The van der Waals surface area contributed by atoms with Crippen LogP contribution in [0.1, 0.15) is 78.2 Å². The summed E-state index contributed by atoms with van der Waals surface area (Å²) < 4.78 is 5.71. The summed E-state index contributed by atoms with van der Waals surface area (Å²) in [6, 6.07) is 8.63. The van der Waals surface area contributed by atoms with Crippen LogP contribution in [0.5, 0.6) is 0 Å². The zero-order chi connectivity index (χ0) is 24.1. The average Bonchev–Trinajstić information content (AvgIpc) is 3.10. The molecular formula is C28H41N3O3. The number of nitrogens with zero attached hydrogens (tertiary/aromatic N) is 2. The molecule has 1 N–H and O–H groups in total. The predicted molar refractivity (Wildman–Crippen MR) is 134 cm³/mol. The van der Waals surface area contributed by atoms with Gasteiger partial charge in [-0.2, -0.15) is 0 Å². The summed E-state index contributed by atoms with van der Waals surface area (Å²) in [6.45, 7) is 10.1. The lowest BCUT2D eigenvalue weighted by Crippen LogP contribution is -2.56. The van der Waals surface area contributed by atoms with E-state index in [0.717, 1.165) is 37.5 Å². The number of ether oxygens (including phenoxy) is 1. The van der Waals surface area contributed by atoms with Gasteiger partial charge in [-0.3, -0.25) is 4.90 Å². The predicted octanol–water partition coefficient (Wildman–Crippen LogP) is 5.70. The molecule has 1 saturated heterocycles. The Morgan fingerprint density at radius 1 is 1.09 bits per heavy atom. The van der Waals surface area contributed by atoms with Gasteiger partial charge in [-0.15, -0.1) is 0 Å². The second kappa shape index (κ2) is 8.76. The second-order valence-corrected chi connectivity index (χ2v) is 12.3. The van der Waals surface area contributed by atoms with Crippen LogP contribution in [0.3, 0.4) is 0 Å². The molecule has 4 unspecified atom stereocenters. The molecule has 4 aliphatic rings. The number of likely N-dealkylation sites (tertiary alicyclic amines) is 1. The van der Waals surface area contributed by atoms with E-state index in [9.17, 15) is 9.59 Å². The summed E-state index contributed by atoms with van der Waals surface area (Å²) in [5.74, 6) is 2.08. The lowest BCUT2D eigenvalue weighted by molar-refractivity contribution is 0.0571. The molecule has 34 heavy (non-hydrogen) atoms. The van der Waals surface area contributed by atoms with Crippen molar-refractivity contribution in [2.24, 2.45) is 17.8 Å². The van der Waals surface area contributed by atoms with Crippen molar-refractivity contribution in [2.45, 2.75) is 89.7 Å². The van der Waals surface area contributed by atoms with Gasteiger partial charge in [-0.05, 0) is 82.3 Å². The first kappa shape index (κ1) is 23.5. The van der Waals surface area contributed by atoms with Gasteiger partial charge < -0.3 is 15.0 Å². The minimum Gasteiger partial charge on any atom is -0.443 e. The highest BCUT2D eigenvalue weighted by Crippen LogP contribution is 2.47. The number of para-hydroxylation sites is 1. The zero-order valence-electron chi connectivity index (χ0n) is 21.3. The fourth-order valence-electron chi connectivity index (χ4n) is 7.18. The third-order valence-electron chi connectivity index (χ3n) is 8.79. The van der Waals surface area contributed by atoms with Crippen LogP contribution < -0.4 is 10.2 Å². The number of anilines is 1. The second-order valence-electron chi connectivity index (χ2n) is 12.3. The molecular weight excluding hydrogens is 426 g/mol. The van der Waals surface area contributed by atoms with Crippen LogP contribution >= 0.6 is 0 Å². The number of hydrogen-bond donors (Lipinski definition) is 1. The summed E-state index contributed by atoms with van der Waals surface area (Å²) in [7, 11) is 0. The number of carbonyl (C=O) groups is 2. The van der Waals surface area contributed by atoms with Crippen molar-refractivity contribution in [1.82, 2.24) is 10.2 Å². The fraction of sp³-hybridized carbons (Fsp3) is 0.714. The maximum absolute atomic E-state index is 13.3. The van der Waals surface area contributed by atoms with Crippen molar-refractivity contribution < 1.29 is 14.3 Å². The van der Waals surface area contributed by atoms with Gasteiger partial charge in [-0.1, -0.05) is 38.0 Å². The van der Waals surface area contributed by atoms with Crippen molar-refractivity contribution in [2.75, 3.05) is 24.5 Å². The molecule has 0 aromatic heterocycles. The largest absolute Gasteiger partial charge is 0.443 e. The number of rotatable bonds is 1. The number of amides is 3. The summed E-state index contributed by atoms with van der Waals surface area (Å²) in [5.41, 5.74) is 1.53. The van der Waals surface area contributed by atoms with Crippen molar-refractivity contribution in [3.63, 3.8) is 0 Å². The van der Waals surface area contributed by atoms with Crippen molar-refractivity contribution in [3.05, 3.63) is 29.8 Å². The van der Waals surface area contributed by atoms with Crippen molar-refractivity contribution in [3.8, 4) is 0 Å². The quantitative estimate of drug-likeness (QED) is 0.576. The highest BCUT2D eigenvalue weighted by Gasteiger charge is 2.48. The van der Waals surface area contributed by atoms with Gasteiger partial charge in [0.05, 0.1) is 5.69 Å². The van der Waals surface area contributed by atoms with E-state index in [-0.39, 0.29) is 17.5 Å². The molecule has 2 heterocycles. The number of fused-ring (bicyclic) bond motifs is 4. The number of benzene rings is 1. The first-order chi connectivity index (χ1) is 16.2. The molecule has 2 aliphatic heterocycles. The smallest absolute Gasteiger partial charge is 0.414 e. The Hall–Kier alpha value is -2.24. The Balaban J connectivity index is 1.25. The molecule has 3 fully saturated rings. The molecule has 186 valence electrons. The first-order valence-electron chi connectivity index (χ1n) is 13.3. The average molecular weight is 468 g/mol. The molecule has 4 atom stereocenters. The maximum atomic E-state index is 13.3. The number of nitrogens with one attached hydrogen (secondary N) is 1. The molecule has 6 heteroatoms. The lowest BCUT2D eigenvalue weighted by Gasteiger charge is -2.46. The molecule has 6 nitrogen and oxygen atoms in total. The van der Waals surface area contributed by atoms with Crippen molar-refractivity contribution >= 4 is 17.8 Å². The Morgan fingerprint density at radius 2 is 1.82 bits per heavy atom. The van der Waals surface area contributed by atoms with Crippen LogP contribution in [0.25, 0.3) is 0 Å². The topological polar surface area (TPSA) is 61.9 Å². The molecule has 3 amide bonds. The van der Waals surface area contributed by atoms with E-state index in [1.54, 1.807) is 4.90 Å². The van der Waals surface area contributed by atoms with Gasteiger partial charge in [-0.25, -0.2) is 9.59 Å². The van der Waals surface area contributed by atoms with E-state index in [4.69, 9.17) is 4.74 Å². The Kier molecular flexibility index (Phi) is 6.06. The van der Waals surface area contributed by atoms with Gasteiger partial charge in [0.2, 0.25) is 0 Å². The molecule has 2 aliphatic carbocycles. The minimum absolute atomic E-state index is 0.103. The highest BCUT2D eigenvalue weighted by atomic mass is 16.6. The van der Waals surface area contributed by atoms with E-state index in [2.05, 4.69) is 24.4 Å². The summed E-state index contributed by atoms with van der Waals surface area (Å²) in [6.07, 6.45) is 7.93. The molecule has 2 saturated carbocycles. The third-order valence-corrected chi connectivity index (χ3v) is 8.79. The lowest BCUT2D eigenvalue weighted by atomic mass is 9.66. The first-order valence-corrected chi connectivity index (χ1v) is 13.3. The summed E-state index contributed by atoms with van der Waals surface area (Å²) in [5, 5.41) is 3.45. The Morgan fingerprint density at radius 3 is 2.56 bits per heavy atom. The van der Waals surface area contributed by atoms with E-state index in [0.29, 0.717) is 24.4 Å². The van der Waals surface area contributed by atoms with Gasteiger partial charge in [0, 0.05) is 31.1 Å². The molecule has 1 aromatic carbocycles. The van der Waals surface area contributed by atoms with Gasteiger partial charge in [0.15, 0.2) is 0 Å². The molecule has 0 radical (unpaired) electrons. The number of hydrogen-bond acceptors (Lipinski definition) is 3. The summed E-state index contributed by atoms with van der Waals surface area (Å²) in [4.78, 5) is 30.1. The SMILES string of the molecule is CC1CC2CCCC(C2)C1NC(=O)N1CCC2(CC1)CN(C(=O)OC(C)(C)C)c1ccccc12. The zero-order valence-corrected chi connectivity index (χ0v) is 21.3. The number of piperidine rings is 1. The van der Waals surface area contributed by atoms with Crippen LogP contribution in [0.4, 0.5) is 15.3 Å². The molecule has 1 spiro atoms. The molecule has 1 aromatic rings. The van der Waals surface area contributed by atoms with E-state index >= 15 is 0 Å². The molecule has 2 bridgehead atoms. The van der Waals surface area contributed by atoms with E-state index in [1.807, 2.05) is 37.8 Å². The van der Waals surface area contributed by atoms with Crippen LogP contribution in [0.2, 0.25) is 0 Å². The Labute approximate surface area is 204 Å². The van der Waals surface area contributed by atoms with Crippen LogP contribution in [0.15, 0.2) is 24.3 Å². The third kappa shape index (κ3) is 4.40. The van der Waals surface area contributed by atoms with E-state index < -0.39 is 5.60 Å². The van der Waals surface area contributed by atoms with Crippen molar-refractivity contribution in [1.29, 1.82) is 0 Å². The standard InChI is InChI=1S/C28H41N3O3/c1-19-16-20-8-7-9-21(17-20)24(19)29-25(32)30-14-12-28(13-15-30)18-31(26(33)34-27(2,3)4)23-11-6-5-10-22(23)28/h5-6,10-11,19-21,24H,7-9,12-18H2,1-4H3,(H,29,32). The monoisotopic (exact) mass is 467 g/mol. The highest BCUT2D eigenvalue weighted by molar-refractivity contribution is 5.91. The van der Waals surface area contributed by atoms with Gasteiger partial charge >= 0.3 is 12.1 Å².